The number of rotatable bonds is 7. The summed E-state index contributed by atoms with van der Waals surface area (Å²) in [5, 5.41) is 12.2. The molecule has 0 aliphatic carbocycles. The Labute approximate surface area is 196 Å². The largest absolute Gasteiger partial charge is 0.497 e. The highest BCUT2D eigenvalue weighted by molar-refractivity contribution is 6.28. The van der Waals surface area contributed by atoms with E-state index in [1.807, 2.05) is 54.0 Å². The second-order valence-electron chi connectivity index (χ2n) is 7.24. The highest BCUT2D eigenvalue weighted by atomic mass is 35.5. The molecule has 0 radical (unpaired) electrons. The fourth-order valence-electron chi connectivity index (χ4n) is 3.50. The Balaban J connectivity index is 1.71. The second kappa shape index (κ2) is 9.59. The zero-order valence-corrected chi connectivity index (χ0v) is 19.1. The first-order valence-corrected chi connectivity index (χ1v) is 10.4. The van der Waals surface area contributed by atoms with Gasteiger partial charge in [0.2, 0.25) is 5.28 Å². The van der Waals surface area contributed by atoms with Gasteiger partial charge in [-0.1, -0.05) is 12.1 Å². The summed E-state index contributed by atoms with van der Waals surface area (Å²) in [6.45, 7) is 2.51. The van der Waals surface area contributed by atoms with Gasteiger partial charge in [0.1, 0.15) is 11.5 Å². The number of halogens is 1. The number of nitriles is 1. The number of hydrogen-bond donors (Lipinski definition) is 1. The Hall–Kier alpha value is -4.09. The average Bonchev–Trinajstić information content (AvgIpc) is 3.21. The number of ether oxygens (including phenoxy) is 2. The van der Waals surface area contributed by atoms with Crippen LogP contribution in [0.15, 0.2) is 48.8 Å². The standard InChI is InChI=1S/C24H21ClN6O2/c1-15-11-17(5-4-10-26)12-19(33-3)20(15)28-22-21-23(30-24(25)29-22)31(14-27-21)13-16-6-8-18(32-2)9-7-16/h4-9,11-12,14H,13H2,1-3H3,(H,28,29,30)/b5-4+. The molecule has 1 N–H and O–H groups in total. The van der Waals surface area contributed by atoms with Crippen molar-refractivity contribution in [1.29, 1.82) is 5.26 Å². The molecule has 166 valence electrons. The van der Waals surface area contributed by atoms with Gasteiger partial charge in [-0.2, -0.15) is 15.2 Å². The lowest BCUT2D eigenvalue weighted by molar-refractivity contribution is 0.414. The number of aryl methyl sites for hydroxylation is 1. The van der Waals surface area contributed by atoms with Crippen molar-refractivity contribution >= 4 is 40.3 Å². The highest BCUT2D eigenvalue weighted by Crippen LogP contribution is 2.34. The number of imidazole rings is 1. The normalized spacial score (nSPS) is 11.0. The van der Waals surface area contributed by atoms with Gasteiger partial charge in [0.15, 0.2) is 17.0 Å². The number of methoxy groups -OCH3 is 2. The predicted octanol–water partition coefficient (Wildman–Crippen LogP) is 5.13. The number of hydrogen-bond acceptors (Lipinski definition) is 7. The van der Waals surface area contributed by atoms with Gasteiger partial charge in [0, 0.05) is 6.08 Å². The lowest BCUT2D eigenvalue weighted by Crippen LogP contribution is -2.03. The van der Waals surface area contributed by atoms with Crippen LogP contribution in [0.2, 0.25) is 5.28 Å². The van der Waals surface area contributed by atoms with Crippen molar-refractivity contribution in [1.82, 2.24) is 19.5 Å². The molecule has 0 spiro atoms. The van der Waals surface area contributed by atoms with Gasteiger partial charge in [0.05, 0.1) is 38.8 Å². The molecule has 0 unspecified atom stereocenters. The van der Waals surface area contributed by atoms with Crippen LogP contribution in [-0.2, 0) is 6.54 Å². The van der Waals surface area contributed by atoms with Crippen LogP contribution >= 0.6 is 11.6 Å². The zero-order valence-electron chi connectivity index (χ0n) is 18.3. The number of aromatic nitrogens is 4. The Morgan fingerprint density at radius 3 is 2.64 bits per heavy atom. The van der Waals surface area contributed by atoms with Gasteiger partial charge < -0.3 is 19.4 Å². The van der Waals surface area contributed by atoms with Gasteiger partial charge in [-0.15, -0.1) is 0 Å². The number of benzene rings is 2. The summed E-state index contributed by atoms with van der Waals surface area (Å²) in [7, 11) is 3.23. The number of fused-ring (bicyclic) bond motifs is 1. The fraction of sp³-hybridized carbons (Fsp3) is 0.167. The van der Waals surface area contributed by atoms with Crippen molar-refractivity contribution in [2.75, 3.05) is 19.5 Å². The molecule has 0 atom stereocenters. The van der Waals surface area contributed by atoms with E-state index in [1.165, 1.54) is 6.08 Å². The maximum Gasteiger partial charge on any atom is 0.226 e. The van der Waals surface area contributed by atoms with Gasteiger partial charge in [-0.3, -0.25) is 0 Å². The summed E-state index contributed by atoms with van der Waals surface area (Å²) in [5.74, 6) is 1.87. The van der Waals surface area contributed by atoms with Crippen molar-refractivity contribution in [3.8, 4) is 17.6 Å². The summed E-state index contributed by atoms with van der Waals surface area (Å²) >= 11 is 6.27. The van der Waals surface area contributed by atoms with Crippen molar-refractivity contribution in [2.24, 2.45) is 0 Å². The van der Waals surface area contributed by atoms with E-state index in [0.29, 0.717) is 29.3 Å². The lowest BCUT2D eigenvalue weighted by Gasteiger charge is -2.15. The van der Waals surface area contributed by atoms with Gasteiger partial charge >= 0.3 is 0 Å². The van der Waals surface area contributed by atoms with Crippen LogP contribution in [0.3, 0.4) is 0 Å². The Bertz CT molecular complexity index is 1370. The molecule has 0 aliphatic rings. The maximum atomic E-state index is 8.80. The molecule has 2 heterocycles. The molecule has 0 fully saturated rings. The molecule has 2 aromatic carbocycles. The van der Waals surface area contributed by atoms with E-state index in [1.54, 1.807) is 26.6 Å². The molecule has 4 rings (SSSR count). The third-order valence-electron chi connectivity index (χ3n) is 5.08. The van der Waals surface area contributed by atoms with E-state index in [9.17, 15) is 0 Å². The molecule has 8 nitrogen and oxygen atoms in total. The molecule has 33 heavy (non-hydrogen) atoms. The van der Waals surface area contributed by atoms with Crippen molar-refractivity contribution < 1.29 is 9.47 Å². The summed E-state index contributed by atoms with van der Waals surface area (Å²) in [4.78, 5) is 13.3. The van der Waals surface area contributed by atoms with Crippen LogP contribution in [0.5, 0.6) is 11.5 Å². The van der Waals surface area contributed by atoms with E-state index in [4.69, 9.17) is 26.3 Å². The van der Waals surface area contributed by atoms with Crippen molar-refractivity contribution in [2.45, 2.75) is 13.5 Å². The molecule has 0 bridgehead atoms. The third-order valence-corrected chi connectivity index (χ3v) is 5.25. The number of allylic oxidation sites excluding steroid dienone is 1. The Morgan fingerprint density at radius 2 is 1.94 bits per heavy atom. The van der Waals surface area contributed by atoms with E-state index >= 15 is 0 Å². The van der Waals surface area contributed by atoms with Gasteiger partial charge in [-0.05, 0) is 65.6 Å². The average molecular weight is 461 g/mol. The quantitative estimate of drug-likeness (QED) is 0.301. The number of anilines is 2. The van der Waals surface area contributed by atoms with Crippen LogP contribution in [-0.4, -0.2) is 33.7 Å². The third kappa shape index (κ3) is 4.73. The molecule has 9 heteroatoms. The van der Waals surface area contributed by atoms with Crippen molar-refractivity contribution in [3.05, 3.63) is 70.8 Å². The molecular weight excluding hydrogens is 440 g/mol. The number of nitrogens with zero attached hydrogens (tertiary/aromatic N) is 5. The molecule has 4 aromatic rings. The second-order valence-corrected chi connectivity index (χ2v) is 7.57. The molecule has 0 amide bonds. The minimum absolute atomic E-state index is 0.103. The van der Waals surface area contributed by atoms with E-state index in [2.05, 4.69) is 20.3 Å². The highest BCUT2D eigenvalue weighted by Gasteiger charge is 2.16. The summed E-state index contributed by atoms with van der Waals surface area (Å²) in [6.07, 6.45) is 4.86. The van der Waals surface area contributed by atoms with Crippen molar-refractivity contribution in [3.63, 3.8) is 0 Å². The van der Waals surface area contributed by atoms with E-state index < -0.39 is 0 Å². The summed E-state index contributed by atoms with van der Waals surface area (Å²) in [6, 6.07) is 13.6. The molecule has 0 aliphatic heterocycles. The minimum Gasteiger partial charge on any atom is -0.497 e. The first-order valence-electron chi connectivity index (χ1n) is 10.1. The predicted molar refractivity (Wildman–Crippen MR) is 128 cm³/mol. The smallest absolute Gasteiger partial charge is 0.226 e. The van der Waals surface area contributed by atoms with Crippen LogP contribution in [0.25, 0.3) is 17.2 Å². The zero-order chi connectivity index (χ0) is 23.4. The Morgan fingerprint density at radius 1 is 1.15 bits per heavy atom. The summed E-state index contributed by atoms with van der Waals surface area (Å²) < 4.78 is 12.7. The van der Waals surface area contributed by atoms with Gasteiger partial charge in [-0.25, -0.2) is 4.98 Å². The minimum atomic E-state index is 0.103. The van der Waals surface area contributed by atoms with E-state index in [0.717, 1.165) is 28.1 Å². The van der Waals surface area contributed by atoms with Crippen LogP contribution in [0.1, 0.15) is 16.7 Å². The fourth-order valence-corrected chi connectivity index (χ4v) is 3.66. The monoisotopic (exact) mass is 460 g/mol. The lowest BCUT2D eigenvalue weighted by atomic mass is 10.1. The Kier molecular flexibility index (Phi) is 6.43. The molecule has 0 saturated carbocycles. The first-order chi connectivity index (χ1) is 16.0. The molecule has 2 aromatic heterocycles. The maximum absolute atomic E-state index is 8.80. The van der Waals surface area contributed by atoms with Crippen LogP contribution in [0, 0.1) is 18.3 Å². The van der Waals surface area contributed by atoms with E-state index in [-0.39, 0.29) is 5.28 Å². The summed E-state index contributed by atoms with van der Waals surface area (Å²) in [5.41, 5.74) is 4.75. The SMILES string of the molecule is COc1ccc(Cn2cnc3c(Nc4c(C)cc(/C=C/C#N)cc4OC)nc(Cl)nc32)cc1. The molecule has 0 saturated heterocycles. The topological polar surface area (TPSA) is 97.9 Å². The van der Waals surface area contributed by atoms with Gasteiger partial charge in [0.25, 0.3) is 0 Å². The first kappa shape index (κ1) is 22.1. The molecular formula is C24H21ClN6O2. The van der Waals surface area contributed by atoms with Crippen LogP contribution < -0.4 is 14.8 Å². The van der Waals surface area contributed by atoms with Crippen LogP contribution in [0.4, 0.5) is 11.5 Å². The number of nitrogens with one attached hydrogen (secondary N) is 1.